The van der Waals surface area contributed by atoms with Gasteiger partial charge in [-0.2, -0.15) is 0 Å². The van der Waals surface area contributed by atoms with E-state index in [1.165, 1.54) is 9.81 Å². The van der Waals surface area contributed by atoms with Gasteiger partial charge in [0.1, 0.15) is 0 Å². The van der Waals surface area contributed by atoms with Crippen LogP contribution >= 0.6 is 31.4 Å². The summed E-state index contributed by atoms with van der Waals surface area (Å²) in [5.74, 6) is 0. The molecule has 0 aromatic carbocycles. The Morgan fingerprint density at radius 1 is 1.12 bits per heavy atom. The molecular formula is C14H18S3. The van der Waals surface area contributed by atoms with Gasteiger partial charge in [-0.05, 0) is 55.7 Å². The molecule has 0 aromatic heterocycles. The fraction of sp³-hybridized carbons (Fsp3) is 0.429. The first-order chi connectivity index (χ1) is 8.05. The summed E-state index contributed by atoms with van der Waals surface area (Å²) in [4.78, 5) is 2.88. The van der Waals surface area contributed by atoms with E-state index >= 15 is 0 Å². The van der Waals surface area contributed by atoms with Gasteiger partial charge < -0.3 is 0 Å². The minimum atomic E-state index is 0.314. The van der Waals surface area contributed by atoms with Crippen molar-refractivity contribution in [3.63, 3.8) is 0 Å². The molecule has 2 aliphatic rings. The maximum absolute atomic E-state index is 2.36. The minimum Gasteiger partial charge on any atom is -0.0795 e. The van der Waals surface area contributed by atoms with Gasteiger partial charge in [0.25, 0.3) is 0 Å². The van der Waals surface area contributed by atoms with Gasteiger partial charge in [-0.15, -0.1) is 0 Å². The molecule has 0 aliphatic heterocycles. The average Bonchev–Trinajstić information content (AvgIpc) is 2.86. The largest absolute Gasteiger partial charge is 0.0795 e. The van der Waals surface area contributed by atoms with Crippen LogP contribution in [0.25, 0.3) is 0 Å². The number of rotatable bonds is 4. The van der Waals surface area contributed by atoms with Crippen LogP contribution in [0.3, 0.4) is 0 Å². The van der Waals surface area contributed by atoms with E-state index in [0.29, 0.717) is 5.41 Å². The standard InChI is InChI=1S/C14H18S3/c1-14(2,3)11-8-9-13(10-11)16-17-15-12-6-4-5-7-12/h4-6,9-10H,7-8H2,1-3H3. The SMILES string of the molecule is CC(C)(C)C1=CC(SSSC2=CC=CC2)=CC1. The smallest absolute Gasteiger partial charge is 0.0154 e. The van der Waals surface area contributed by atoms with E-state index in [-0.39, 0.29) is 0 Å². The zero-order valence-electron chi connectivity index (χ0n) is 10.5. The molecule has 2 aliphatic carbocycles. The molecule has 0 unspecified atom stereocenters. The summed E-state index contributed by atoms with van der Waals surface area (Å²) in [5.41, 5.74) is 1.86. The predicted octanol–water partition coefficient (Wildman–Crippen LogP) is 6.12. The molecule has 17 heavy (non-hydrogen) atoms. The fourth-order valence-corrected chi connectivity index (χ4v) is 5.63. The molecule has 3 heteroatoms. The van der Waals surface area contributed by atoms with Crippen molar-refractivity contribution in [3.05, 3.63) is 45.8 Å². The molecule has 0 aromatic rings. The highest BCUT2D eigenvalue weighted by Gasteiger charge is 2.20. The van der Waals surface area contributed by atoms with Crippen LogP contribution in [0, 0.1) is 5.41 Å². The van der Waals surface area contributed by atoms with Crippen LogP contribution in [0.1, 0.15) is 33.6 Å². The Balaban J connectivity index is 1.76. The molecule has 0 bridgehead atoms. The molecule has 0 fully saturated rings. The molecule has 0 atom stereocenters. The van der Waals surface area contributed by atoms with Crippen LogP contribution < -0.4 is 0 Å². The van der Waals surface area contributed by atoms with Crippen molar-refractivity contribution in [1.82, 2.24) is 0 Å². The van der Waals surface area contributed by atoms with Gasteiger partial charge in [0.05, 0.1) is 0 Å². The Hall–Kier alpha value is 0.01000. The maximum Gasteiger partial charge on any atom is 0.0154 e. The normalized spacial score (nSPS) is 19.4. The average molecular weight is 282 g/mol. The van der Waals surface area contributed by atoms with E-state index in [2.05, 4.69) is 51.2 Å². The Bertz CT molecular complexity index is 406. The lowest BCUT2D eigenvalue weighted by Gasteiger charge is -2.19. The van der Waals surface area contributed by atoms with E-state index in [9.17, 15) is 0 Å². The van der Waals surface area contributed by atoms with Crippen LogP contribution in [-0.2, 0) is 0 Å². The topological polar surface area (TPSA) is 0 Å². The van der Waals surface area contributed by atoms with Crippen molar-refractivity contribution in [3.8, 4) is 0 Å². The van der Waals surface area contributed by atoms with Crippen molar-refractivity contribution < 1.29 is 0 Å². The molecule has 0 heterocycles. The van der Waals surface area contributed by atoms with Crippen molar-refractivity contribution >= 4 is 31.4 Å². The molecule has 0 N–H and O–H groups in total. The van der Waals surface area contributed by atoms with Crippen LogP contribution in [0.4, 0.5) is 0 Å². The summed E-state index contributed by atoms with van der Waals surface area (Å²) in [6.07, 6.45) is 13.5. The molecule has 0 nitrogen and oxygen atoms in total. The monoisotopic (exact) mass is 282 g/mol. The third-order valence-corrected chi connectivity index (χ3v) is 6.79. The molecule has 0 saturated heterocycles. The van der Waals surface area contributed by atoms with Crippen LogP contribution in [0.5, 0.6) is 0 Å². The lowest BCUT2D eigenvalue weighted by atomic mass is 9.86. The number of allylic oxidation sites excluding steroid dienone is 7. The Labute approximate surface area is 116 Å². The van der Waals surface area contributed by atoms with E-state index in [0.717, 1.165) is 12.8 Å². The second-order valence-electron chi connectivity index (χ2n) is 5.23. The first-order valence-corrected chi connectivity index (χ1v) is 9.32. The van der Waals surface area contributed by atoms with Gasteiger partial charge in [-0.3, -0.25) is 0 Å². The lowest BCUT2D eigenvalue weighted by molar-refractivity contribution is 0.496. The van der Waals surface area contributed by atoms with E-state index in [4.69, 9.17) is 0 Å². The maximum atomic E-state index is 2.36. The Kier molecular flexibility index (Phi) is 4.56. The second kappa shape index (κ2) is 5.77. The highest BCUT2D eigenvalue weighted by molar-refractivity contribution is 9.10. The number of hydrogen-bond acceptors (Lipinski definition) is 3. The van der Waals surface area contributed by atoms with Gasteiger partial charge in [-0.1, -0.05) is 50.6 Å². The lowest BCUT2D eigenvalue weighted by Crippen LogP contribution is -2.06. The third-order valence-electron chi connectivity index (χ3n) is 2.81. The molecule has 2 rings (SSSR count). The number of hydrogen-bond donors (Lipinski definition) is 0. The quantitative estimate of drug-likeness (QED) is 0.570. The molecule has 92 valence electrons. The predicted molar refractivity (Wildman–Crippen MR) is 84.9 cm³/mol. The molecule has 0 saturated carbocycles. The van der Waals surface area contributed by atoms with Crippen molar-refractivity contribution in [2.45, 2.75) is 33.6 Å². The molecule has 0 spiro atoms. The summed E-state index contributed by atoms with van der Waals surface area (Å²) in [5, 5.41) is 0. The van der Waals surface area contributed by atoms with E-state index in [1.54, 1.807) is 5.57 Å². The summed E-state index contributed by atoms with van der Waals surface area (Å²) in [6.45, 7) is 6.87. The van der Waals surface area contributed by atoms with Gasteiger partial charge in [0, 0.05) is 9.81 Å². The van der Waals surface area contributed by atoms with Crippen molar-refractivity contribution in [2.24, 2.45) is 5.41 Å². The first-order valence-electron chi connectivity index (χ1n) is 5.84. The molecule has 0 radical (unpaired) electrons. The van der Waals surface area contributed by atoms with Gasteiger partial charge >= 0.3 is 0 Å². The van der Waals surface area contributed by atoms with Gasteiger partial charge in [-0.25, -0.2) is 0 Å². The van der Waals surface area contributed by atoms with Crippen molar-refractivity contribution in [2.75, 3.05) is 0 Å². The Morgan fingerprint density at radius 2 is 1.94 bits per heavy atom. The van der Waals surface area contributed by atoms with E-state index in [1.807, 2.05) is 31.4 Å². The minimum absolute atomic E-state index is 0.314. The highest BCUT2D eigenvalue weighted by atomic mass is 33.5. The Morgan fingerprint density at radius 3 is 2.53 bits per heavy atom. The van der Waals surface area contributed by atoms with Crippen molar-refractivity contribution in [1.29, 1.82) is 0 Å². The summed E-state index contributed by atoms with van der Waals surface area (Å²) < 4.78 is 0. The highest BCUT2D eigenvalue weighted by Crippen LogP contribution is 2.48. The fourth-order valence-electron chi connectivity index (χ4n) is 1.67. The second-order valence-corrected chi connectivity index (χ2v) is 9.33. The van der Waals surface area contributed by atoms with Crippen LogP contribution in [-0.4, -0.2) is 0 Å². The van der Waals surface area contributed by atoms with E-state index < -0.39 is 0 Å². The van der Waals surface area contributed by atoms with Gasteiger partial charge in [0.15, 0.2) is 0 Å². The first kappa shape index (κ1) is 13.4. The zero-order valence-corrected chi connectivity index (χ0v) is 13.0. The van der Waals surface area contributed by atoms with Crippen LogP contribution in [0.2, 0.25) is 0 Å². The van der Waals surface area contributed by atoms with Crippen LogP contribution in [0.15, 0.2) is 45.8 Å². The molecule has 0 amide bonds. The van der Waals surface area contributed by atoms with Gasteiger partial charge in [0.2, 0.25) is 0 Å². The third kappa shape index (κ3) is 4.01. The summed E-state index contributed by atoms with van der Waals surface area (Å²) >= 11 is 0. The molecular weight excluding hydrogens is 264 g/mol. The summed E-state index contributed by atoms with van der Waals surface area (Å²) in [7, 11) is 5.65. The summed E-state index contributed by atoms with van der Waals surface area (Å²) in [6, 6.07) is 0. The zero-order chi connectivity index (χ0) is 12.3.